The molecule has 0 bridgehead atoms. The maximum Gasteiger partial charge on any atom is 0.242 e. The molecule has 1 heterocycles. The van der Waals surface area contributed by atoms with Crippen molar-refractivity contribution in [3.63, 3.8) is 0 Å². The predicted molar refractivity (Wildman–Crippen MR) is 84.9 cm³/mol. The number of likely N-dealkylation sites (N-methyl/N-ethyl adjacent to an activating group) is 1. The first-order valence-electron chi connectivity index (χ1n) is 7.36. The van der Waals surface area contributed by atoms with Gasteiger partial charge in [0.15, 0.2) is 0 Å². The molecule has 1 aromatic rings. The number of benzene rings is 1. The third kappa shape index (κ3) is 3.29. The molecule has 21 heavy (non-hydrogen) atoms. The van der Waals surface area contributed by atoms with E-state index in [2.05, 4.69) is 16.3 Å². The van der Waals surface area contributed by atoms with Gasteiger partial charge in [-0.1, -0.05) is 12.1 Å². The third-order valence-corrected chi connectivity index (χ3v) is 4.15. The molecule has 0 aromatic heterocycles. The van der Waals surface area contributed by atoms with E-state index in [1.807, 2.05) is 44.0 Å². The van der Waals surface area contributed by atoms with Gasteiger partial charge in [-0.25, -0.2) is 0 Å². The van der Waals surface area contributed by atoms with Gasteiger partial charge in [0.1, 0.15) is 5.75 Å². The zero-order valence-electron chi connectivity index (χ0n) is 13.3. The second kappa shape index (κ2) is 6.35. The van der Waals surface area contributed by atoms with E-state index in [9.17, 15) is 4.79 Å². The van der Waals surface area contributed by atoms with Crippen molar-refractivity contribution in [2.24, 2.45) is 0 Å². The van der Waals surface area contributed by atoms with Gasteiger partial charge in [-0.05, 0) is 33.0 Å². The second-order valence-electron chi connectivity index (χ2n) is 5.83. The number of methoxy groups -OCH3 is 1. The number of carbonyl (C=O) groups is 1. The van der Waals surface area contributed by atoms with E-state index in [1.54, 1.807) is 7.11 Å². The highest BCUT2D eigenvalue weighted by atomic mass is 16.5. The summed E-state index contributed by atoms with van der Waals surface area (Å²) < 4.78 is 5.41. The van der Waals surface area contributed by atoms with Crippen LogP contribution in [0, 0.1) is 0 Å². The number of anilines is 1. The summed E-state index contributed by atoms with van der Waals surface area (Å²) in [6, 6.07) is 8.02. The van der Waals surface area contributed by atoms with Gasteiger partial charge >= 0.3 is 0 Å². The molecular formula is C16H25N3O2. The molecule has 1 amide bonds. The standard InChI is InChI=1S/C16H25N3O2/c1-16(2,17-3)15(20)19-11-9-18(10-12-19)13-7-5-6-8-14(13)21-4/h5-8,17H,9-12H2,1-4H3. The van der Waals surface area contributed by atoms with Crippen molar-refractivity contribution in [2.75, 3.05) is 45.2 Å². The Morgan fingerprint density at radius 3 is 2.38 bits per heavy atom. The first kappa shape index (κ1) is 15.6. The van der Waals surface area contributed by atoms with Crippen molar-refractivity contribution in [2.45, 2.75) is 19.4 Å². The van der Waals surface area contributed by atoms with Crippen molar-refractivity contribution in [1.29, 1.82) is 0 Å². The summed E-state index contributed by atoms with van der Waals surface area (Å²) in [5.41, 5.74) is 0.590. The van der Waals surface area contributed by atoms with E-state index in [0.717, 1.165) is 37.6 Å². The summed E-state index contributed by atoms with van der Waals surface area (Å²) in [6.07, 6.45) is 0. The summed E-state index contributed by atoms with van der Waals surface area (Å²) in [5, 5.41) is 3.07. The van der Waals surface area contributed by atoms with Crippen LogP contribution in [0.15, 0.2) is 24.3 Å². The molecule has 1 saturated heterocycles. The first-order chi connectivity index (χ1) is 9.99. The summed E-state index contributed by atoms with van der Waals surface area (Å²) in [4.78, 5) is 16.6. The van der Waals surface area contributed by atoms with E-state index in [1.165, 1.54) is 0 Å². The fourth-order valence-electron chi connectivity index (χ4n) is 2.54. The van der Waals surface area contributed by atoms with Crippen molar-refractivity contribution < 1.29 is 9.53 Å². The lowest BCUT2D eigenvalue weighted by atomic mass is 10.0. The Labute approximate surface area is 126 Å². The lowest BCUT2D eigenvalue weighted by Gasteiger charge is -2.39. The molecular weight excluding hydrogens is 266 g/mol. The third-order valence-electron chi connectivity index (χ3n) is 4.15. The summed E-state index contributed by atoms with van der Waals surface area (Å²) in [7, 11) is 3.51. The number of carbonyl (C=O) groups excluding carboxylic acids is 1. The number of amides is 1. The predicted octanol–water partition coefficient (Wildman–Crippen LogP) is 1.34. The monoisotopic (exact) mass is 291 g/mol. The molecule has 5 heteroatoms. The second-order valence-corrected chi connectivity index (χ2v) is 5.83. The van der Waals surface area contributed by atoms with Crippen LogP contribution in [0.3, 0.4) is 0 Å². The topological polar surface area (TPSA) is 44.8 Å². The smallest absolute Gasteiger partial charge is 0.242 e. The Kier molecular flexibility index (Phi) is 4.73. The van der Waals surface area contributed by atoms with Gasteiger partial charge in [0.25, 0.3) is 0 Å². The molecule has 2 rings (SSSR count). The van der Waals surface area contributed by atoms with Crippen molar-refractivity contribution in [3.05, 3.63) is 24.3 Å². The van der Waals surface area contributed by atoms with Crippen LogP contribution in [0.25, 0.3) is 0 Å². The van der Waals surface area contributed by atoms with Crippen molar-refractivity contribution in [3.8, 4) is 5.75 Å². The molecule has 1 fully saturated rings. The van der Waals surface area contributed by atoms with Gasteiger partial charge in [0.05, 0.1) is 18.3 Å². The normalized spacial score (nSPS) is 16.0. The number of para-hydroxylation sites is 2. The van der Waals surface area contributed by atoms with Crippen LogP contribution in [0.4, 0.5) is 5.69 Å². The molecule has 116 valence electrons. The zero-order chi connectivity index (χ0) is 15.5. The lowest BCUT2D eigenvalue weighted by Crippen LogP contribution is -2.58. The Balaban J connectivity index is 2.02. The Hall–Kier alpha value is -1.75. The van der Waals surface area contributed by atoms with E-state index < -0.39 is 5.54 Å². The minimum atomic E-state index is -0.507. The van der Waals surface area contributed by atoms with Gasteiger partial charge in [-0.15, -0.1) is 0 Å². The fourth-order valence-corrected chi connectivity index (χ4v) is 2.54. The molecule has 0 unspecified atom stereocenters. The molecule has 1 aliphatic rings. The van der Waals surface area contributed by atoms with Crippen LogP contribution in [0.1, 0.15) is 13.8 Å². The minimum Gasteiger partial charge on any atom is -0.495 e. The van der Waals surface area contributed by atoms with Crippen LogP contribution < -0.4 is 15.0 Å². The van der Waals surface area contributed by atoms with Gasteiger partial charge in [0, 0.05) is 26.2 Å². The number of piperazine rings is 1. The average molecular weight is 291 g/mol. The van der Waals surface area contributed by atoms with Crippen molar-refractivity contribution >= 4 is 11.6 Å². The van der Waals surface area contributed by atoms with Gasteiger partial charge in [0.2, 0.25) is 5.91 Å². The Morgan fingerprint density at radius 2 is 1.81 bits per heavy atom. The number of nitrogens with one attached hydrogen (secondary N) is 1. The number of ether oxygens (including phenoxy) is 1. The lowest BCUT2D eigenvalue weighted by molar-refractivity contribution is -0.137. The number of hydrogen-bond acceptors (Lipinski definition) is 4. The van der Waals surface area contributed by atoms with Crippen molar-refractivity contribution in [1.82, 2.24) is 10.2 Å². The molecule has 0 atom stereocenters. The van der Waals surface area contributed by atoms with E-state index in [4.69, 9.17) is 4.74 Å². The molecule has 1 aromatic carbocycles. The van der Waals surface area contributed by atoms with Crippen LogP contribution in [-0.4, -0.2) is 56.7 Å². The molecule has 0 aliphatic carbocycles. The molecule has 0 radical (unpaired) electrons. The quantitative estimate of drug-likeness (QED) is 0.909. The first-order valence-corrected chi connectivity index (χ1v) is 7.36. The Morgan fingerprint density at radius 1 is 1.19 bits per heavy atom. The summed E-state index contributed by atoms with van der Waals surface area (Å²) >= 11 is 0. The number of hydrogen-bond donors (Lipinski definition) is 1. The maximum atomic E-state index is 12.4. The molecule has 5 nitrogen and oxygen atoms in total. The molecule has 1 N–H and O–H groups in total. The van der Waals surface area contributed by atoms with Gasteiger partial charge < -0.3 is 19.9 Å². The maximum absolute atomic E-state index is 12.4. The van der Waals surface area contributed by atoms with Crippen LogP contribution in [0.2, 0.25) is 0 Å². The van der Waals surface area contributed by atoms with E-state index >= 15 is 0 Å². The molecule has 0 saturated carbocycles. The minimum absolute atomic E-state index is 0.157. The zero-order valence-corrected chi connectivity index (χ0v) is 13.3. The fraction of sp³-hybridized carbons (Fsp3) is 0.562. The van der Waals surface area contributed by atoms with Crippen LogP contribution >= 0.6 is 0 Å². The average Bonchev–Trinajstić information content (AvgIpc) is 2.54. The highest BCUT2D eigenvalue weighted by Crippen LogP contribution is 2.28. The summed E-state index contributed by atoms with van der Waals surface area (Å²) in [5.74, 6) is 1.04. The number of nitrogens with zero attached hydrogens (tertiary/aromatic N) is 2. The van der Waals surface area contributed by atoms with Gasteiger partial charge in [-0.2, -0.15) is 0 Å². The number of rotatable bonds is 4. The van der Waals surface area contributed by atoms with Crippen LogP contribution in [-0.2, 0) is 4.79 Å². The SMILES string of the molecule is CNC(C)(C)C(=O)N1CCN(c2ccccc2OC)CC1. The molecule has 1 aliphatic heterocycles. The van der Waals surface area contributed by atoms with Gasteiger partial charge in [-0.3, -0.25) is 4.79 Å². The Bertz CT molecular complexity index is 494. The highest BCUT2D eigenvalue weighted by Gasteiger charge is 2.32. The largest absolute Gasteiger partial charge is 0.495 e. The van der Waals surface area contributed by atoms with E-state index in [0.29, 0.717) is 0 Å². The van der Waals surface area contributed by atoms with E-state index in [-0.39, 0.29) is 5.91 Å². The van der Waals surface area contributed by atoms with Crippen LogP contribution in [0.5, 0.6) is 5.75 Å². The molecule has 0 spiro atoms. The highest BCUT2D eigenvalue weighted by molar-refractivity contribution is 5.85. The summed E-state index contributed by atoms with van der Waals surface area (Å²) in [6.45, 7) is 6.96.